The van der Waals surface area contributed by atoms with E-state index in [1.165, 1.54) is 13.8 Å². The van der Waals surface area contributed by atoms with Gasteiger partial charge in [-0.15, -0.1) is 0 Å². The maximum absolute atomic E-state index is 11.9. The highest BCUT2D eigenvalue weighted by Gasteiger charge is 2.44. The molecule has 0 saturated heterocycles. The average molecular weight is 198 g/mol. The molecule has 0 rings (SSSR count). The van der Waals surface area contributed by atoms with Crippen LogP contribution in [0.3, 0.4) is 0 Å². The predicted octanol–water partition coefficient (Wildman–Crippen LogP) is 1.79. The lowest BCUT2D eigenvalue weighted by molar-refractivity contribution is -0.147. The van der Waals surface area contributed by atoms with Gasteiger partial charge >= 0.3 is 0 Å². The van der Waals surface area contributed by atoms with Crippen LogP contribution >= 0.6 is 0 Å². The Kier molecular flexibility index (Phi) is 3.38. The van der Waals surface area contributed by atoms with Crippen molar-refractivity contribution in [2.24, 2.45) is 10.8 Å². The molecule has 0 amide bonds. The van der Waals surface area contributed by atoms with Gasteiger partial charge in [0.15, 0.2) is 5.78 Å². The highest BCUT2D eigenvalue weighted by molar-refractivity contribution is 6.15. The SMILES string of the molecule is CC(=O)C(C)(C)C(=O)C(C)(C)C(C)=O. The summed E-state index contributed by atoms with van der Waals surface area (Å²) in [4.78, 5) is 34.4. The van der Waals surface area contributed by atoms with Crippen molar-refractivity contribution < 1.29 is 14.4 Å². The number of rotatable bonds is 4. The first-order valence-corrected chi connectivity index (χ1v) is 4.61. The molecule has 3 heteroatoms. The highest BCUT2D eigenvalue weighted by Crippen LogP contribution is 2.30. The molecule has 80 valence electrons. The Morgan fingerprint density at radius 2 is 0.929 bits per heavy atom. The van der Waals surface area contributed by atoms with Crippen molar-refractivity contribution in [1.82, 2.24) is 0 Å². The third-order valence-corrected chi connectivity index (χ3v) is 2.90. The van der Waals surface area contributed by atoms with E-state index in [0.717, 1.165) is 0 Å². The molecule has 0 aliphatic carbocycles. The molecule has 0 heterocycles. The molecule has 3 nitrogen and oxygen atoms in total. The fourth-order valence-electron chi connectivity index (χ4n) is 1.10. The van der Waals surface area contributed by atoms with Crippen molar-refractivity contribution in [1.29, 1.82) is 0 Å². The Morgan fingerprint density at radius 3 is 1.07 bits per heavy atom. The minimum Gasteiger partial charge on any atom is -0.299 e. The Hall–Kier alpha value is -0.990. The quantitative estimate of drug-likeness (QED) is 0.647. The predicted molar refractivity (Wildman–Crippen MR) is 53.9 cm³/mol. The van der Waals surface area contributed by atoms with E-state index in [1.807, 2.05) is 0 Å². The number of hydrogen-bond donors (Lipinski definition) is 0. The molecular formula is C11H18O3. The van der Waals surface area contributed by atoms with E-state index in [2.05, 4.69) is 0 Å². The number of carbonyl (C=O) groups excluding carboxylic acids is 3. The van der Waals surface area contributed by atoms with E-state index < -0.39 is 10.8 Å². The third-order valence-electron chi connectivity index (χ3n) is 2.90. The van der Waals surface area contributed by atoms with Crippen LogP contribution in [0.2, 0.25) is 0 Å². The second-order valence-corrected chi connectivity index (χ2v) is 4.69. The molecule has 0 unspecified atom stereocenters. The zero-order valence-corrected chi connectivity index (χ0v) is 9.72. The van der Waals surface area contributed by atoms with Gasteiger partial charge in [0.25, 0.3) is 0 Å². The zero-order chi connectivity index (χ0) is 11.7. The first-order valence-electron chi connectivity index (χ1n) is 4.61. The van der Waals surface area contributed by atoms with Crippen LogP contribution in [0.4, 0.5) is 0 Å². The van der Waals surface area contributed by atoms with Crippen molar-refractivity contribution in [3.8, 4) is 0 Å². The van der Waals surface area contributed by atoms with E-state index in [4.69, 9.17) is 0 Å². The van der Waals surface area contributed by atoms with Gasteiger partial charge in [-0.1, -0.05) is 0 Å². The minimum absolute atomic E-state index is 0.211. The van der Waals surface area contributed by atoms with Gasteiger partial charge in [-0.3, -0.25) is 14.4 Å². The maximum Gasteiger partial charge on any atom is 0.158 e. The van der Waals surface area contributed by atoms with Crippen molar-refractivity contribution in [2.45, 2.75) is 41.5 Å². The molecule has 0 N–H and O–H groups in total. The van der Waals surface area contributed by atoms with Crippen molar-refractivity contribution in [3.05, 3.63) is 0 Å². The summed E-state index contributed by atoms with van der Waals surface area (Å²) in [7, 11) is 0. The standard InChI is InChI=1S/C11H18O3/c1-7(12)10(3,4)9(14)11(5,6)8(2)13/h1-6H3. The van der Waals surface area contributed by atoms with Gasteiger partial charge in [-0.2, -0.15) is 0 Å². The van der Waals surface area contributed by atoms with Gasteiger partial charge in [0.1, 0.15) is 11.6 Å². The van der Waals surface area contributed by atoms with E-state index in [9.17, 15) is 14.4 Å². The molecular weight excluding hydrogens is 180 g/mol. The lowest BCUT2D eigenvalue weighted by atomic mass is 9.70. The van der Waals surface area contributed by atoms with Gasteiger partial charge in [0.05, 0.1) is 10.8 Å². The van der Waals surface area contributed by atoms with Crippen LogP contribution in [0.25, 0.3) is 0 Å². The van der Waals surface area contributed by atoms with Crippen LogP contribution in [0, 0.1) is 10.8 Å². The molecule has 0 saturated carbocycles. The van der Waals surface area contributed by atoms with Crippen LogP contribution < -0.4 is 0 Å². The lowest BCUT2D eigenvalue weighted by Gasteiger charge is -2.29. The minimum atomic E-state index is -1.07. The lowest BCUT2D eigenvalue weighted by Crippen LogP contribution is -2.44. The summed E-state index contributed by atoms with van der Waals surface area (Å²) in [5, 5.41) is 0. The van der Waals surface area contributed by atoms with Crippen molar-refractivity contribution in [2.75, 3.05) is 0 Å². The molecule has 0 aromatic heterocycles. The van der Waals surface area contributed by atoms with E-state index in [1.54, 1.807) is 27.7 Å². The number of ketones is 3. The smallest absolute Gasteiger partial charge is 0.158 e. The summed E-state index contributed by atoms with van der Waals surface area (Å²) in [6.07, 6.45) is 0. The van der Waals surface area contributed by atoms with E-state index in [0.29, 0.717) is 0 Å². The molecule has 0 radical (unpaired) electrons. The Labute approximate surface area is 84.9 Å². The fourth-order valence-corrected chi connectivity index (χ4v) is 1.10. The van der Waals surface area contributed by atoms with Crippen LogP contribution in [-0.2, 0) is 14.4 Å². The second kappa shape index (κ2) is 3.64. The normalized spacial score (nSPS) is 12.4. The Morgan fingerprint density at radius 1 is 0.714 bits per heavy atom. The van der Waals surface area contributed by atoms with Gasteiger partial charge in [-0.25, -0.2) is 0 Å². The van der Waals surface area contributed by atoms with Crippen LogP contribution in [0.5, 0.6) is 0 Å². The van der Waals surface area contributed by atoms with Gasteiger partial charge < -0.3 is 0 Å². The molecule has 0 bridgehead atoms. The Balaban J connectivity index is 5.16. The Bertz CT molecular complexity index is 257. The van der Waals surface area contributed by atoms with Crippen LogP contribution in [0.15, 0.2) is 0 Å². The third kappa shape index (κ3) is 2.08. The second-order valence-electron chi connectivity index (χ2n) is 4.69. The molecule has 0 atom stereocenters. The molecule has 0 fully saturated rings. The summed E-state index contributed by atoms with van der Waals surface area (Å²) in [6, 6.07) is 0. The molecule has 0 aliphatic heterocycles. The number of carbonyl (C=O) groups is 3. The first-order chi connectivity index (χ1) is 6.04. The molecule has 0 spiro atoms. The molecule has 14 heavy (non-hydrogen) atoms. The van der Waals surface area contributed by atoms with Gasteiger partial charge in [0, 0.05) is 0 Å². The number of Topliss-reactive ketones (excluding diaryl/α,β-unsaturated/α-hetero) is 3. The topological polar surface area (TPSA) is 51.2 Å². The summed E-state index contributed by atoms with van der Waals surface area (Å²) < 4.78 is 0. The summed E-state index contributed by atoms with van der Waals surface area (Å²) in [6.45, 7) is 8.97. The van der Waals surface area contributed by atoms with E-state index >= 15 is 0 Å². The summed E-state index contributed by atoms with van der Waals surface area (Å²) in [5.41, 5.74) is -2.15. The van der Waals surface area contributed by atoms with E-state index in [-0.39, 0.29) is 17.3 Å². The monoisotopic (exact) mass is 198 g/mol. The molecule has 0 aliphatic rings. The fraction of sp³-hybridized carbons (Fsp3) is 0.727. The summed E-state index contributed by atoms with van der Waals surface area (Å²) >= 11 is 0. The van der Waals surface area contributed by atoms with Crippen LogP contribution in [-0.4, -0.2) is 17.3 Å². The highest BCUT2D eigenvalue weighted by atomic mass is 16.2. The van der Waals surface area contributed by atoms with Crippen molar-refractivity contribution >= 4 is 17.3 Å². The van der Waals surface area contributed by atoms with Crippen LogP contribution in [0.1, 0.15) is 41.5 Å². The maximum atomic E-state index is 11.9. The number of hydrogen-bond acceptors (Lipinski definition) is 3. The van der Waals surface area contributed by atoms with Crippen molar-refractivity contribution in [3.63, 3.8) is 0 Å². The zero-order valence-electron chi connectivity index (χ0n) is 9.72. The molecule has 0 aromatic carbocycles. The largest absolute Gasteiger partial charge is 0.299 e. The molecule has 0 aromatic rings. The summed E-state index contributed by atoms with van der Waals surface area (Å²) in [5.74, 6) is -0.737. The van der Waals surface area contributed by atoms with Gasteiger partial charge in [0.2, 0.25) is 0 Å². The first kappa shape index (κ1) is 13.0. The average Bonchev–Trinajstić information content (AvgIpc) is 2.02. The van der Waals surface area contributed by atoms with Gasteiger partial charge in [-0.05, 0) is 41.5 Å².